The molecule has 1 aliphatic carbocycles. The molecule has 1 aromatic heterocycles. The fourth-order valence-electron chi connectivity index (χ4n) is 2.63. The Labute approximate surface area is 102 Å². The fraction of sp³-hybridized carbons (Fsp3) is 0.692. The minimum Gasteiger partial charge on any atom is -0.473 e. The summed E-state index contributed by atoms with van der Waals surface area (Å²) in [5.41, 5.74) is 0.572. The highest BCUT2D eigenvalue weighted by Crippen LogP contribution is 2.30. The lowest BCUT2D eigenvalue weighted by molar-refractivity contribution is 0.0955. The molecule has 1 N–H and O–H groups in total. The van der Waals surface area contributed by atoms with Crippen LogP contribution in [0.15, 0.2) is 12.1 Å². The van der Waals surface area contributed by atoms with Gasteiger partial charge in [0, 0.05) is 6.07 Å². The van der Waals surface area contributed by atoms with E-state index in [9.17, 15) is 0 Å². The molecule has 17 heavy (non-hydrogen) atoms. The normalized spacial score (nSPS) is 29.0. The first-order valence-electron chi connectivity index (χ1n) is 6.27. The standard InChI is InChI=1S/C13H20N2O2/c1-9-5-10(2)7-12(6-9)17-13-4-3-11(8-16)14-15-13/h3-4,9-10,12,16H,5-8H2,1-2H3. The molecule has 1 aliphatic rings. The van der Waals surface area contributed by atoms with Crippen LogP contribution in [0.25, 0.3) is 0 Å². The lowest BCUT2D eigenvalue weighted by Gasteiger charge is -2.31. The summed E-state index contributed by atoms with van der Waals surface area (Å²) in [6, 6.07) is 3.53. The number of aliphatic hydroxyl groups excluding tert-OH is 1. The van der Waals surface area contributed by atoms with Crippen molar-refractivity contribution in [3.63, 3.8) is 0 Å². The van der Waals surface area contributed by atoms with Crippen molar-refractivity contribution in [2.75, 3.05) is 0 Å². The highest BCUT2D eigenvalue weighted by Gasteiger charge is 2.25. The van der Waals surface area contributed by atoms with Crippen LogP contribution < -0.4 is 4.74 Å². The van der Waals surface area contributed by atoms with Crippen LogP contribution in [0.2, 0.25) is 0 Å². The molecule has 2 rings (SSSR count). The summed E-state index contributed by atoms with van der Waals surface area (Å²) >= 11 is 0. The average molecular weight is 236 g/mol. The van der Waals surface area contributed by atoms with Gasteiger partial charge in [-0.2, -0.15) is 0 Å². The van der Waals surface area contributed by atoms with E-state index < -0.39 is 0 Å². The summed E-state index contributed by atoms with van der Waals surface area (Å²) in [6.07, 6.45) is 3.72. The second-order valence-corrected chi connectivity index (χ2v) is 5.18. The third-order valence-corrected chi connectivity index (χ3v) is 3.28. The van der Waals surface area contributed by atoms with E-state index in [1.165, 1.54) is 6.42 Å². The molecule has 0 aromatic carbocycles. The summed E-state index contributed by atoms with van der Waals surface area (Å²) in [5.74, 6) is 2.00. The van der Waals surface area contributed by atoms with Crippen molar-refractivity contribution in [3.8, 4) is 5.88 Å². The van der Waals surface area contributed by atoms with Gasteiger partial charge in [-0.15, -0.1) is 10.2 Å². The molecule has 1 heterocycles. The van der Waals surface area contributed by atoms with Gasteiger partial charge < -0.3 is 9.84 Å². The van der Waals surface area contributed by atoms with Crippen LogP contribution in [-0.4, -0.2) is 21.4 Å². The molecule has 1 saturated carbocycles. The second-order valence-electron chi connectivity index (χ2n) is 5.18. The molecular formula is C13H20N2O2. The molecule has 2 unspecified atom stereocenters. The van der Waals surface area contributed by atoms with E-state index in [0.29, 0.717) is 23.4 Å². The molecule has 1 fully saturated rings. The Balaban J connectivity index is 1.95. The van der Waals surface area contributed by atoms with Gasteiger partial charge in [0.15, 0.2) is 0 Å². The molecular weight excluding hydrogens is 216 g/mol. The largest absolute Gasteiger partial charge is 0.473 e. The zero-order chi connectivity index (χ0) is 12.3. The van der Waals surface area contributed by atoms with Gasteiger partial charge in [0.25, 0.3) is 0 Å². The van der Waals surface area contributed by atoms with Crippen molar-refractivity contribution in [1.82, 2.24) is 10.2 Å². The number of hydrogen-bond donors (Lipinski definition) is 1. The van der Waals surface area contributed by atoms with Crippen LogP contribution in [0.5, 0.6) is 5.88 Å². The van der Waals surface area contributed by atoms with Crippen molar-refractivity contribution in [1.29, 1.82) is 0 Å². The quantitative estimate of drug-likeness (QED) is 0.874. The van der Waals surface area contributed by atoms with Crippen LogP contribution in [0.3, 0.4) is 0 Å². The van der Waals surface area contributed by atoms with Crippen molar-refractivity contribution < 1.29 is 9.84 Å². The van der Waals surface area contributed by atoms with E-state index >= 15 is 0 Å². The molecule has 0 spiro atoms. The molecule has 94 valence electrons. The zero-order valence-corrected chi connectivity index (χ0v) is 10.5. The number of aromatic nitrogens is 2. The molecule has 4 heteroatoms. The maximum absolute atomic E-state index is 8.88. The Morgan fingerprint density at radius 2 is 1.88 bits per heavy atom. The molecule has 1 aromatic rings. The second kappa shape index (κ2) is 5.45. The van der Waals surface area contributed by atoms with E-state index in [4.69, 9.17) is 9.84 Å². The number of nitrogens with zero attached hydrogens (tertiary/aromatic N) is 2. The van der Waals surface area contributed by atoms with Gasteiger partial charge in [-0.25, -0.2) is 0 Å². The lowest BCUT2D eigenvalue weighted by atomic mass is 9.82. The fourth-order valence-corrected chi connectivity index (χ4v) is 2.63. The van der Waals surface area contributed by atoms with Crippen molar-refractivity contribution >= 4 is 0 Å². The topological polar surface area (TPSA) is 55.2 Å². The van der Waals surface area contributed by atoms with Gasteiger partial charge in [0.05, 0.1) is 12.3 Å². The minimum atomic E-state index is -0.0786. The van der Waals surface area contributed by atoms with Gasteiger partial charge in [0.1, 0.15) is 6.10 Å². The molecule has 0 saturated heterocycles. The SMILES string of the molecule is CC1CC(C)CC(Oc2ccc(CO)nn2)C1. The van der Waals surface area contributed by atoms with Crippen molar-refractivity contribution in [2.24, 2.45) is 11.8 Å². The van der Waals surface area contributed by atoms with Crippen molar-refractivity contribution in [3.05, 3.63) is 17.8 Å². The van der Waals surface area contributed by atoms with E-state index in [1.807, 2.05) is 0 Å². The Bertz CT molecular complexity index is 343. The van der Waals surface area contributed by atoms with Crippen LogP contribution in [0, 0.1) is 11.8 Å². The third kappa shape index (κ3) is 3.40. The summed E-state index contributed by atoms with van der Waals surface area (Å²) in [5, 5.41) is 16.7. The molecule has 0 aliphatic heterocycles. The Kier molecular flexibility index (Phi) is 3.94. The number of ether oxygens (including phenoxy) is 1. The first-order chi connectivity index (χ1) is 8.17. The Hall–Kier alpha value is -1.16. The van der Waals surface area contributed by atoms with Gasteiger partial charge in [-0.1, -0.05) is 13.8 Å². The molecule has 0 amide bonds. The highest BCUT2D eigenvalue weighted by molar-refractivity contribution is 5.11. The van der Waals surface area contributed by atoms with E-state index in [1.54, 1.807) is 12.1 Å². The maximum Gasteiger partial charge on any atom is 0.233 e. The lowest BCUT2D eigenvalue weighted by Crippen LogP contribution is -2.28. The molecule has 0 bridgehead atoms. The Morgan fingerprint density at radius 3 is 2.41 bits per heavy atom. The zero-order valence-electron chi connectivity index (χ0n) is 10.5. The minimum absolute atomic E-state index is 0.0786. The molecule has 0 radical (unpaired) electrons. The van der Waals surface area contributed by atoms with E-state index in [0.717, 1.165) is 12.8 Å². The Morgan fingerprint density at radius 1 is 1.18 bits per heavy atom. The summed E-state index contributed by atoms with van der Waals surface area (Å²) in [7, 11) is 0. The third-order valence-electron chi connectivity index (χ3n) is 3.28. The van der Waals surface area contributed by atoms with Gasteiger partial charge in [-0.3, -0.25) is 0 Å². The smallest absolute Gasteiger partial charge is 0.233 e. The van der Waals surface area contributed by atoms with Gasteiger partial charge in [0.2, 0.25) is 5.88 Å². The van der Waals surface area contributed by atoms with Crippen molar-refractivity contribution in [2.45, 2.75) is 45.8 Å². The number of hydrogen-bond acceptors (Lipinski definition) is 4. The van der Waals surface area contributed by atoms with Crippen LogP contribution in [0.4, 0.5) is 0 Å². The van der Waals surface area contributed by atoms with Crippen LogP contribution in [-0.2, 0) is 6.61 Å². The van der Waals surface area contributed by atoms with Gasteiger partial charge in [-0.05, 0) is 37.2 Å². The summed E-state index contributed by atoms with van der Waals surface area (Å²) in [6.45, 7) is 4.46. The monoisotopic (exact) mass is 236 g/mol. The maximum atomic E-state index is 8.88. The predicted octanol–water partition coefficient (Wildman–Crippen LogP) is 2.17. The predicted molar refractivity (Wildman–Crippen MR) is 64.5 cm³/mol. The summed E-state index contributed by atoms with van der Waals surface area (Å²) in [4.78, 5) is 0. The first-order valence-corrected chi connectivity index (χ1v) is 6.27. The number of aliphatic hydroxyl groups is 1. The number of rotatable bonds is 3. The van der Waals surface area contributed by atoms with Gasteiger partial charge >= 0.3 is 0 Å². The molecule has 4 nitrogen and oxygen atoms in total. The summed E-state index contributed by atoms with van der Waals surface area (Å²) < 4.78 is 5.84. The average Bonchev–Trinajstić information content (AvgIpc) is 2.28. The molecule has 2 atom stereocenters. The van der Waals surface area contributed by atoms with Crippen LogP contribution in [0.1, 0.15) is 38.8 Å². The highest BCUT2D eigenvalue weighted by atomic mass is 16.5. The van der Waals surface area contributed by atoms with E-state index in [2.05, 4.69) is 24.0 Å². The first kappa shape index (κ1) is 12.3. The van der Waals surface area contributed by atoms with E-state index in [-0.39, 0.29) is 12.7 Å². The van der Waals surface area contributed by atoms with Crippen LogP contribution >= 0.6 is 0 Å².